The van der Waals surface area contributed by atoms with Crippen LogP contribution in [-0.4, -0.2) is 75.5 Å². The molecule has 2 atom stereocenters. The lowest BCUT2D eigenvalue weighted by molar-refractivity contribution is -0.889. The topological polar surface area (TPSA) is 102 Å². The number of quaternary nitrogens is 1. The van der Waals surface area contributed by atoms with Crippen LogP contribution in [0.2, 0.25) is 0 Å². The maximum Gasteiger partial charge on any atom is 0.306 e. The van der Waals surface area contributed by atoms with Gasteiger partial charge >= 0.3 is 11.9 Å². The zero-order valence-corrected chi connectivity index (χ0v) is 33.3. The zero-order chi connectivity index (χ0) is 37.1. The van der Waals surface area contributed by atoms with Crippen LogP contribution in [0.15, 0.2) is 12.2 Å². The van der Waals surface area contributed by atoms with Crippen molar-refractivity contribution in [3.05, 3.63) is 12.2 Å². The Kier molecular flexibility index (Phi) is 32.9. The largest absolute Gasteiger partial charge is 0.544 e. The number of unbranched alkanes of at least 4 members (excludes halogenated alkanes) is 21. The fraction of sp³-hybridized carbons (Fsp3) is 0.881. The summed E-state index contributed by atoms with van der Waals surface area (Å²) >= 11 is 0. The molecule has 2 unspecified atom stereocenters. The number of aliphatic carboxylic acids is 1. The predicted molar refractivity (Wildman–Crippen MR) is 204 cm³/mol. The molecule has 0 aromatic heterocycles. The summed E-state index contributed by atoms with van der Waals surface area (Å²) in [5.41, 5.74) is 0. The Morgan fingerprint density at radius 2 is 1.00 bits per heavy atom. The molecule has 0 rings (SSSR count). The van der Waals surface area contributed by atoms with Gasteiger partial charge in [0.1, 0.15) is 12.6 Å². The lowest BCUT2D eigenvalue weighted by atomic mass is 10.0. The monoisotopic (exact) mass is 710 g/mol. The first kappa shape index (κ1) is 48.1. The van der Waals surface area contributed by atoms with Crippen LogP contribution in [-0.2, 0) is 28.6 Å². The van der Waals surface area contributed by atoms with Crippen molar-refractivity contribution in [2.75, 3.05) is 41.0 Å². The second-order valence-electron chi connectivity index (χ2n) is 15.2. The number of rotatable bonds is 37. The molecule has 0 radical (unpaired) electrons. The van der Waals surface area contributed by atoms with Crippen molar-refractivity contribution in [1.82, 2.24) is 0 Å². The first-order valence-electron chi connectivity index (χ1n) is 20.7. The molecule has 294 valence electrons. The van der Waals surface area contributed by atoms with Crippen LogP contribution in [0.4, 0.5) is 0 Å². The van der Waals surface area contributed by atoms with Gasteiger partial charge in [-0.2, -0.15) is 0 Å². The Hall–Kier alpha value is -1.93. The Bertz CT molecular complexity index is 838. The van der Waals surface area contributed by atoms with E-state index in [0.717, 1.165) is 51.4 Å². The number of carboxylic acids is 1. The zero-order valence-electron chi connectivity index (χ0n) is 33.3. The van der Waals surface area contributed by atoms with E-state index in [1.807, 2.05) is 0 Å². The number of carbonyl (C=O) groups is 3. The summed E-state index contributed by atoms with van der Waals surface area (Å²) < 4.78 is 17.1. The summed E-state index contributed by atoms with van der Waals surface area (Å²) in [6.45, 7) is 4.64. The van der Waals surface area contributed by atoms with Crippen molar-refractivity contribution in [3.8, 4) is 0 Å². The molecule has 50 heavy (non-hydrogen) atoms. The van der Waals surface area contributed by atoms with Crippen LogP contribution in [0.3, 0.4) is 0 Å². The van der Waals surface area contributed by atoms with Gasteiger partial charge in [-0.3, -0.25) is 9.59 Å². The molecule has 0 aromatic rings. The lowest BCUT2D eigenvalue weighted by Crippen LogP contribution is -2.55. The summed E-state index contributed by atoms with van der Waals surface area (Å²) in [6.07, 6.45) is 33.7. The highest BCUT2D eigenvalue weighted by Crippen LogP contribution is 2.14. The van der Waals surface area contributed by atoms with E-state index in [2.05, 4.69) is 26.0 Å². The second-order valence-corrected chi connectivity index (χ2v) is 15.2. The van der Waals surface area contributed by atoms with E-state index in [1.165, 1.54) is 103 Å². The van der Waals surface area contributed by atoms with E-state index in [4.69, 9.17) is 14.2 Å². The molecule has 0 fully saturated rings. The van der Waals surface area contributed by atoms with Gasteiger partial charge in [-0.1, -0.05) is 142 Å². The number of carboxylic acid groups (broad SMARTS) is 1. The molecule has 0 amide bonds. The molecular weight excluding hydrogens is 630 g/mol. The minimum absolute atomic E-state index is 0.0398. The first-order chi connectivity index (χ1) is 24.1. The maximum atomic E-state index is 12.7. The highest BCUT2D eigenvalue weighted by Gasteiger charge is 2.25. The number of likely N-dealkylation sites (N-methyl/N-ethyl adjacent to an activating group) is 1. The van der Waals surface area contributed by atoms with E-state index in [0.29, 0.717) is 12.8 Å². The van der Waals surface area contributed by atoms with Crippen molar-refractivity contribution < 1.29 is 38.2 Å². The third-order valence-electron chi connectivity index (χ3n) is 9.40. The fourth-order valence-electron chi connectivity index (χ4n) is 6.12. The Labute approximate surface area is 308 Å². The van der Waals surface area contributed by atoms with Gasteiger partial charge in [-0.25, -0.2) is 0 Å². The number of hydrogen-bond donors (Lipinski definition) is 0. The van der Waals surface area contributed by atoms with Gasteiger partial charge in [0.05, 0.1) is 40.3 Å². The van der Waals surface area contributed by atoms with E-state index in [-0.39, 0.29) is 42.7 Å². The van der Waals surface area contributed by atoms with Gasteiger partial charge in [0.15, 0.2) is 6.10 Å². The van der Waals surface area contributed by atoms with Crippen molar-refractivity contribution in [1.29, 1.82) is 0 Å². The van der Waals surface area contributed by atoms with E-state index < -0.39 is 18.1 Å². The number of ether oxygens (including phenoxy) is 3. The second kappa shape index (κ2) is 34.2. The normalized spacial score (nSPS) is 13.1. The average molecular weight is 710 g/mol. The molecule has 0 saturated carbocycles. The van der Waals surface area contributed by atoms with Crippen LogP contribution < -0.4 is 5.11 Å². The van der Waals surface area contributed by atoms with Crippen LogP contribution in [0, 0.1) is 0 Å². The summed E-state index contributed by atoms with van der Waals surface area (Å²) in [5, 5.41) is 11.6. The smallest absolute Gasteiger partial charge is 0.306 e. The molecule has 0 saturated heterocycles. The molecule has 8 nitrogen and oxygen atoms in total. The third kappa shape index (κ3) is 32.0. The summed E-state index contributed by atoms with van der Waals surface area (Å²) in [6, 6.07) is -0.723. The van der Waals surface area contributed by atoms with Gasteiger partial charge < -0.3 is 28.6 Å². The summed E-state index contributed by atoms with van der Waals surface area (Å²) in [5.74, 6) is -1.75. The number of hydrogen-bond acceptors (Lipinski definition) is 7. The molecule has 0 aliphatic rings. The van der Waals surface area contributed by atoms with E-state index >= 15 is 0 Å². The molecule has 0 aliphatic carbocycles. The molecule has 0 aliphatic heterocycles. The van der Waals surface area contributed by atoms with Gasteiger partial charge in [-0.05, 0) is 38.5 Å². The SMILES string of the molecule is CCCCCCCCC/C=C/CCCCCC(=O)OC(COCCC(C(=O)[O-])[N+](C)(C)C)COC(=O)CCCCCCCCCCCCCC. The molecule has 0 N–H and O–H groups in total. The van der Waals surface area contributed by atoms with Gasteiger partial charge in [0.25, 0.3) is 0 Å². The Morgan fingerprint density at radius 3 is 1.46 bits per heavy atom. The standard InChI is InChI=1S/C42H79NO7/c1-6-8-10-12-14-16-18-20-21-23-25-27-29-31-33-41(45)50-38(36-48-35-34-39(42(46)47)43(3,4)5)37-49-40(44)32-30-28-26-24-22-19-17-15-13-11-9-7-2/h21,23,38-39H,6-20,22,24-37H2,1-5H3/b23-21+. The van der Waals surface area contributed by atoms with Crippen molar-refractivity contribution in [2.45, 2.75) is 199 Å². The minimum atomic E-state index is -1.13. The predicted octanol–water partition coefficient (Wildman–Crippen LogP) is 9.41. The first-order valence-corrected chi connectivity index (χ1v) is 20.7. The molecule has 8 heteroatoms. The van der Waals surface area contributed by atoms with Crippen LogP contribution >= 0.6 is 0 Å². The number of nitrogens with zero attached hydrogens (tertiary/aromatic N) is 1. The van der Waals surface area contributed by atoms with Gasteiger partial charge in [-0.15, -0.1) is 0 Å². The van der Waals surface area contributed by atoms with E-state index in [9.17, 15) is 19.5 Å². The quantitative estimate of drug-likeness (QED) is 0.0274. The number of carbonyl (C=O) groups excluding carboxylic acids is 3. The molecule has 0 aromatic carbocycles. The highest BCUT2D eigenvalue weighted by molar-refractivity contribution is 5.70. The Balaban J connectivity index is 4.39. The third-order valence-corrected chi connectivity index (χ3v) is 9.40. The number of esters is 2. The van der Waals surface area contributed by atoms with Crippen molar-refractivity contribution >= 4 is 17.9 Å². The van der Waals surface area contributed by atoms with Crippen molar-refractivity contribution in [3.63, 3.8) is 0 Å². The van der Waals surface area contributed by atoms with Crippen LogP contribution in [0.25, 0.3) is 0 Å². The lowest BCUT2D eigenvalue weighted by Gasteiger charge is -2.34. The molecule has 0 bridgehead atoms. The summed E-state index contributed by atoms with van der Waals surface area (Å²) in [7, 11) is 5.40. The maximum absolute atomic E-state index is 12.7. The van der Waals surface area contributed by atoms with Gasteiger partial charge in [0, 0.05) is 19.3 Å². The van der Waals surface area contributed by atoms with Gasteiger partial charge in [0.2, 0.25) is 0 Å². The molecular formula is C42H79NO7. The Morgan fingerprint density at radius 1 is 0.580 bits per heavy atom. The van der Waals surface area contributed by atoms with Crippen LogP contribution in [0.5, 0.6) is 0 Å². The molecule has 0 spiro atoms. The average Bonchev–Trinajstić information content (AvgIpc) is 3.06. The van der Waals surface area contributed by atoms with E-state index in [1.54, 1.807) is 21.1 Å². The minimum Gasteiger partial charge on any atom is -0.544 e. The van der Waals surface area contributed by atoms with Crippen LogP contribution in [0.1, 0.15) is 187 Å². The highest BCUT2D eigenvalue weighted by atomic mass is 16.6. The fourth-order valence-corrected chi connectivity index (χ4v) is 6.12. The summed E-state index contributed by atoms with van der Waals surface area (Å²) in [4.78, 5) is 36.7. The molecule has 0 heterocycles. The van der Waals surface area contributed by atoms with Crippen molar-refractivity contribution in [2.24, 2.45) is 0 Å². The number of allylic oxidation sites excluding steroid dienone is 2.